The molecule has 12 nitrogen and oxygen atoms in total. The number of carboxylic acid groups (broad SMARTS) is 1. The zero-order valence-electron chi connectivity index (χ0n) is 41.3. The van der Waals surface area contributed by atoms with Crippen LogP contribution in [0.3, 0.4) is 0 Å². The van der Waals surface area contributed by atoms with E-state index < -0.39 is 55.5 Å². The lowest BCUT2D eigenvalue weighted by Crippen LogP contribution is -2.12. The van der Waals surface area contributed by atoms with Gasteiger partial charge < -0.3 is 19.3 Å². The lowest BCUT2D eigenvalue weighted by molar-refractivity contribution is -0.138. The molecule has 0 saturated heterocycles. The fourth-order valence-electron chi connectivity index (χ4n) is 8.93. The van der Waals surface area contributed by atoms with Crippen LogP contribution in [0.15, 0.2) is 133 Å². The number of hydrogen-bond acceptors (Lipinski definition) is 9. The maximum atomic E-state index is 13.7. The van der Waals surface area contributed by atoms with E-state index in [4.69, 9.17) is 14.2 Å². The van der Waals surface area contributed by atoms with Crippen LogP contribution in [-0.4, -0.2) is 53.0 Å². The molecule has 3 N–H and O–H groups in total. The van der Waals surface area contributed by atoms with Gasteiger partial charge in [0.05, 0.1) is 41.4 Å². The van der Waals surface area contributed by atoms with Gasteiger partial charge in [-0.15, -0.1) is 0 Å². The molecule has 0 radical (unpaired) electrons. The normalized spacial score (nSPS) is 14.0. The van der Waals surface area contributed by atoms with Gasteiger partial charge in [-0.2, -0.15) is 26.3 Å². The van der Waals surface area contributed by atoms with Crippen molar-refractivity contribution in [3.05, 3.63) is 189 Å². The number of anilines is 2. The Morgan fingerprint density at radius 1 is 0.539 bits per heavy atom. The molecule has 20 heteroatoms. The van der Waals surface area contributed by atoms with E-state index in [9.17, 15) is 57.9 Å². The number of benzene rings is 6. The standard InChI is InChI=1S/C29H28F3NO5S.C27H24F3NO5S/c1-3-37-28(34)21-14-20(15-23(16-21)33-39(2,35)36)24-10-7-11-25(24)26-17-22(29(30,31)32)12-13-27(26)38-18-19-8-5-4-6-9-19;1-37(34,35)31-21-13-18(12-19(14-21)26(32)33)22-8-5-9-23(22)24-15-20(27(28,29)30)10-11-25(24)36-16-17-6-3-2-4-7-17/h4-6,8-9,12-17,33H,3,7,10-11,18H2,1-2H3;2-4,6-7,10-15,31H,5,8-9,16H2,1H3,(H,32,33). The van der Waals surface area contributed by atoms with Crippen molar-refractivity contribution >= 4 is 65.7 Å². The molecule has 0 atom stereocenters. The summed E-state index contributed by atoms with van der Waals surface area (Å²) in [4.78, 5) is 24.3. The van der Waals surface area contributed by atoms with Crippen LogP contribution < -0.4 is 18.9 Å². The number of carbonyl (C=O) groups excluding carboxylic acids is 1. The van der Waals surface area contributed by atoms with Crippen LogP contribution in [-0.2, 0) is 50.3 Å². The highest BCUT2D eigenvalue weighted by molar-refractivity contribution is 7.92. The largest absolute Gasteiger partial charge is 0.488 e. The summed E-state index contributed by atoms with van der Waals surface area (Å²) in [5, 5.41) is 9.57. The fraction of sp³-hybridized carbons (Fsp3) is 0.250. The highest BCUT2D eigenvalue weighted by Gasteiger charge is 2.34. The molecule has 0 saturated carbocycles. The average molecular weight is 1090 g/mol. The van der Waals surface area contributed by atoms with Gasteiger partial charge in [-0.25, -0.2) is 26.4 Å². The number of ether oxygens (including phenoxy) is 3. The van der Waals surface area contributed by atoms with Gasteiger partial charge in [-0.1, -0.05) is 60.7 Å². The number of alkyl halides is 6. The van der Waals surface area contributed by atoms with Crippen LogP contribution in [0.1, 0.15) is 111 Å². The van der Waals surface area contributed by atoms with E-state index in [1.807, 2.05) is 60.7 Å². The van der Waals surface area contributed by atoms with Crippen molar-refractivity contribution in [3.8, 4) is 11.5 Å². The minimum atomic E-state index is -4.57. The zero-order valence-corrected chi connectivity index (χ0v) is 42.9. The summed E-state index contributed by atoms with van der Waals surface area (Å²) < 4.78 is 151. The number of hydrogen-bond donors (Lipinski definition) is 3. The quantitative estimate of drug-likeness (QED) is 0.0589. The van der Waals surface area contributed by atoms with Crippen LogP contribution in [0.5, 0.6) is 11.5 Å². The lowest BCUT2D eigenvalue weighted by atomic mass is 9.93. The predicted octanol–water partition coefficient (Wildman–Crippen LogP) is 13.4. The molecule has 6 aromatic rings. The number of carboxylic acids is 1. The Balaban J connectivity index is 0.000000221. The van der Waals surface area contributed by atoms with Crippen LogP contribution in [0.4, 0.5) is 37.7 Å². The number of rotatable bonds is 17. The molecule has 76 heavy (non-hydrogen) atoms. The Hall–Kier alpha value is -7.58. The third-order valence-corrected chi connectivity index (χ3v) is 13.3. The Bertz CT molecular complexity index is 3420. The molecule has 0 heterocycles. The van der Waals surface area contributed by atoms with E-state index in [-0.39, 0.29) is 53.6 Å². The Morgan fingerprint density at radius 2 is 0.934 bits per heavy atom. The van der Waals surface area contributed by atoms with Crippen molar-refractivity contribution in [2.45, 2.75) is 71.0 Å². The molecular weight excluding hydrogens is 1040 g/mol. The number of nitrogens with one attached hydrogen (secondary N) is 2. The van der Waals surface area contributed by atoms with Crippen LogP contribution in [0.2, 0.25) is 0 Å². The summed E-state index contributed by atoms with van der Waals surface area (Å²) in [7, 11) is -7.36. The summed E-state index contributed by atoms with van der Waals surface area (Å²) in [5.74, 6) is -1.32. The minimum absolute atomic E-state index is 0.0562. The first-order valence-corrected chi connectivity index (χ1v) is 27.5. The van der Waals surface area contributed by atoms with E-state index >= 15 is 0 Å². The number of aromatic carboxylic acids is 1. The number of halogens is 6. The van der Waals surface area contributed by atoms with Gasteiger partial charge in [0.25, 0.3) is 0 Å². The first kappa shape index (κ1) is 56.2. The van der Waals surface area contributed by atoms with E-state index in [1.54, 1.807) is 19.1 Å². The molecule has 0 aliphatic heterocycles. The van der Waals surface area contributed by atoms with Crippen LogP contribution in [0, 0.1) is 0 Å². The fourth-order valence-corrected chi connectivity index (χ4v) is 10.0. The van der Waals surface area contributed by atoms with Crippen molar-refractivity contribution in [3.63, 3.8) is 0 Å². The van der Waals surface area contributed by atoms with Crippen LogP contribution in [0.25, 0.3) is 22.3 Å². The zero-order chi connectivity index (χ0) is 55.0. The molecule has 0 aromatic heterocycles. The van der Waals surface area contributed by atoms with Crippen molar-refractivity contribution in [1.29, 1.82) is 0 Å². The summed E-state index contributed by atoms with van der Waals surface area (Å²) in [6.07, 6.45) is -3.96. The first-order chi connectivity index (χ1) is 35.8. The van der Waals surface area contributed by atoms with Gasteiger partial charge in [0.15, 0.2) is 0 Å². The summed E-state index contributed by atoms with van der Waals surface area (Å²) >= 11 is 0. The Kier molecular flexibility index (Phi) is 17.4. The molecule has 0 amide bonds. The molecule has 0 spiro atoms. The topological polar surface area (TPSA) is 174 Å². The average Bonchev–Trinajstić information content (AvgIpc) is 4.07. The van der Waals surface area contributed by atoms with E-state index in [0.29, 0.717) is 83.3 Å². The predicted molar refractivity (Wildman–Crippen MR) is 278 cm³/mol. The summed E-state index contributed by atoms with van der Waals surface area (Å²) in [5.41, 5.74) is 4.40. The molecule has 2 aliphatic rings. The monoisotopic (exact) mass is 1090 g/mol. The van der Waals surface area contributed by atoms with E-state index in [0.717, 1.165) is 47.9 Å². The molecule has 8 rings (SSSR count). The van der Waals surface area contributed by atoms with Gasteiger partial charge in [-0.3, -0.25) is 9.44 Å². The Labute approximate surface area is 436 Å². The highest BCUT2D eigenvalue weighted by Crippen LogP contribution is 2.47. The smallest absolute Gasteiger partial charge is 0.416 e. The number of sulfonamides is 2. The molecule has 0 bridgehead atoms. The van der Waals surface area contributed by atoms with Gasteiger partial charge in [0, 0.05) is 22.5 Å². The van der Waals surface area contributed by atoms with Crippen molar-refractivity contribution < 1.29 is 72.1 Å². The van der Waals surface area contributed by atoms with Crippen molar-refractivity contribution in [2.24, 2.45) is 0 Å². The van der Waals surface area contributed by atoms with Gasteiger partial charge in [-0.05, 0) is 163 Å². The first-order valence-electron chi connectivity index (χ1n) is 23.7. The SMILES string of the molecule is CCOC(=O)c1cc(NS(C)(=O)=O)cc(C2=C(c3cc(C(F)(F)F)ccc3OCc3ccccc3)CCC2)c1.CS(=O)(=O)Nc1cc(C(=O)O)cc(C2=C(c3cc(C(F)(F)F)ccc3OCc3ccccc3)CCC2)c1. The maximum Gasteiger partial charge on any atom is 0.416 e. The van der Waals surface area contributed by atoms with Crippen molar-refractivity contribution in [2.75, 3.05) is 28.6 Å². The van der Waals surface area contributed by atoms with Gasteiger partial charge in [0.1, 0.15) is 24.7 Å². The molecule has 2 aliphatic carbocycles. The molecule has 400 valence electrons. The third kappa shape index (κ3) is 15.1. The summed E-state index contributed by atoms with van der Waals surface area (Å²) in [6.45, 7) is 2.10. The van der Waals surface area contributed by atoms with Crippen molar-refractivity contribution in [1.82, 2.24) is 0 Å². The second kappa shape index (κ2) is 23.5. The molecule has 0 unspecified atom stereocenters. The third-order valence-electron chi connectivity index (χ3n) is 12.1. The minimum Gasteiger partial charge on any atom is -0.488 e. The second-order valence-corrected chi connectivity index (χ2v) is 21.5. The number of allylic oxidation sites excluding steroid dienone is 4. The number of esters is 1. The van der Waals surface area contributed by atoms with Gasteiger partial charge in [0.2, 0.25) is 20.0 Å². The van der Waals surface area contributed by atoms with E-state index in [2.05, 4.69) is 9.44 Å². The van der Waals surface area contributed by atoms with E-state index in [1.165, 1.54) is 36.4 Å². The molecule has 0 fully saturated rings. The van der Waals surface area contributed by atoms with Crippen LogP contribution >= 0.6 is 0 Å². The summed E-state index contributed by atoms with van der Waals surface area (Å²) in [6, 6.07) is 33.8. The Morgan fingerprint density at radius 3 is 1.32 bits per heavy atom. The molecular formula is C56H52F6N2O10S2. The highest BCUT2D eigenvalue weighted by atomic mass is 32.2. The number of carbonyl (C=O) groups is 2. The lowest BCUT2D eigenvalue weighted by Gasteiger charge is -2.18. The van der Waals surface area contributed by atoms with Gasteiger partial charge >= 0.3 is 24.3 Å². The maximum absolute atomic E-state index is 13.7. The second-order valence-electron chi connectivity index (χ2n) is 18.0. The molecule has 6 aromatic carbocycles.